The number of rotatable bonds is 6. The lowest BCUT2D eigenvalue weighted by Crippen LogP contribution is -2.28. The average molecular weight is 187 g/mol. The number of hydrogen-bond acceptors (Lipinski definition) is 2. The molecule has 2 heteroatoms. The van der Waals surface area contributed by atoms with Crippen LogP contribution in [0.5, 0.6) is 0 Å². The van der Waals surface area contributed by atoms with E-state index in [4.69, 9.17) is 0 Å². The third kappa shape index (κ3) is 5.67. The van der Waals surface area contributed by atoms with E-state index in [1.54, 1.807) is 0 Å². The molecule has 0 fully saturated rings. The van der Waals surface area contributed by atoms with Gasteiger partial charge in [0.05, 0.1) is 0 Å². The van der Waals surface area contributed by atoms with Gasteiger partial charge in [0.1, 0.15) is 0 Å². The van der Waals surface area contributed by atoms with Crippen molar-refractivity contribution in [2.75, 3.05) is 19.3 Å². The fraction of sp³-hybridized carbons (Fsp3) is 0.800. The van der Waals surface area contributed by atoms with Gasteiger partial charge in [0.25, 0.3) is 0 Å². The zero-order valence-electron chi connectivity index (χ0n) is 8.45. The molecule has 1 atom stereocenters. The van der Waals surface area contributed by atoms with Crippen LogP contribution in [0.25, 0.3) is 0 Å². The zero-order valence-corrected chi connectivity index (χ0v) is 9.35. The van der Waals surface area contributed by atoms with Crippen molar-refractivity contribution in [1.29, 1.82) is 0 Å². The number of hydrogen-bond donors (Lipinski definition) is 1. The quantitative estimate of drug-likeness (QED) is 0.494. The van der Waals surface area contributed by atoms with Crippen LogP contribution in [0, 0.1) is 0 Å². The Morgan fingerprint density at radius 1 is 1.42 bits per heavy atom. The lowest BCUT2D eigenvalue weighted by Gasteiger charge is -2.22. The topological polar surface area (TPSA) is 3.24 Å². The van der Waals surface area contributed by atoms with Crippen LogP contribution >= 0.6 is 12.6 Å². The second-order valence-electron chi connectivity index (χ2n) is 3.23. The van der Waals surface area contributed by atoms with Crippen LogP contribution in [0.1, 0.15) is 26.7 Å². The first kappa shape index (κ1) is 12.0. The van der Waals surface area contributed by atoms with Gasteiger partial charge in [0.2, 0.25) is 0 Å². The van der Waals surface area contributed by atoms with E-state index in [1.807, 2.05) is 0 Å². The predicted octanol–water partition coefficient (Wildman–Crippen LogP) is 2.59. The Morgan fingerprint density at radius 2 is 2.08 bits per heavy atom. The van der Waals surface area contributed by atoms with Gasteiger partial charge in [0.15, 0.2) is 0 Å². The van der Waals surface area contributed by atoms with Crippen LogP contribution < -0.4 is 0 Å². The van der Waals surface area contributed by atoms with E-state index in [1.165, 1.54) is 12.8 Å². The van der Waals surface area contributed by atoms with Gasteiger partial charge < -0.3 is 4.90 Å². The molecule has 0 heterocycles. The van der Waals surface area contributed by atoms with E-state index < -0.39 is 0 Å². The Labute approximate surface area is 82.2 Å². The van der Waals surface area contributed by atoms with Gasteiger partial charge in [0, 0.05) is 18.3 Å². The molecule has 0 radical (unpaired) electrons. The summed E-state index contributed by atoms with van der Waals surface area (Å²) < 4.78 is 0. The minimum absolute atomic E-state index is 0.694. The standard InChI is InChI=1S/C10H21NS/c1-4-7-10(2)11(3)8-5-6-9-12/h5-6,10,12H,4,7-9H2,1-3H3. The summed E-state index contributed by atoms with van der Waals surface area (Å²) >= 11 is 4.11. The fourth-order valence-electron chi connectivity index (χ4n) is 1.13. The van der Waals surface area contributed by atoms with E-state index >= 15 is 0 Å². The number of likely N-dealkylation sites (N-methyl/N-ethyl adjacent to an activating group) is 1. The summed E-state index contributed by atoms with van der Waals surface area (Å²) in [7, 11) is 2.17. The van der Waals surface area contributed by atoms with Crippen LogP contribution in [0.3, 0.4) is 0 Å². The molecule has 0 amide bonds. The average Bonchev–Trinajstić information content (AvgIpc) is 2.05. The van der Waals surface area contributed by atoms with Crippen LogP contribution in [0.2, 0.25) is 0 Å². The van der Waals surface area contributed by atoms with Gasteiger partial charge in [-0.2, -0.15) is 12.6 Å². The van der Waals surface area contributed by atoms with Gasteiger partial charge in [-0.15, -0.1) is 0 Å². The van der Waals surface area contributed by atoms with Crippen molar-refractivity contribution < 1.29 is 0 Å². The molecule has 0 saturated carbocycles. The van der Waals surface area contributed by atoms with Crippen molar-refractivity contribution in [3.8, 4) is 0 Å². The van der Waals surface area contributed by atoms with Crippen LogP contribution in [-0.4, -0.2) is 30.3 Å². The maximum atomic E-state index is 4.11. The highest BCUT2D eigenvalue weighted by molar-refractivity contribution is 7.80. The lowest BCUT2D eigenvalue weighted by molar-refractivity contribution is 0.269. The van der Waals surface area contributed by atoms with Crippen LogP contribution in [-0.2, 0) is 0 Å². The van der Waals surface area contributed by atoms with Gasteiger partial charge in [-0.3, -0.25) is 0 Å². The van der Waals surface area contributed by atoms with E-state index in [9.17, 15) is 0 Å². The molecular weight excluding hydrogens is 166 g/mol. The molecule has 12 heavy (non-hydrogen) atoms. The largest absolute Gasteiger partial charge is 0.300 e. The summed E-state index contributed by atoms with van der Waals surface area (Å²) in [5.41, 5.74) is 0. The smallest absolute Gasteiger partial charge is 0.0163 e. The molecular formula is C10H21NS. The molecule has 1 nitrogen and oxygen atoms in total. The molecule has 0 aromatic rings. The molecule has 0 saturated heterocycles. The maximum Gasteiger partial charge on any atom is 0.0163 e. The van der Waals surface area contributed by atoms with Gasteiger partial charge in [-0.1, -0.05) is 25.5 Å². The van der Waals surface area contributed by atoms with Crippen molar-refractivity contribution in [3.05, 3.63) is 12.2 Å². The van der Waals surface area contributed by atoms with E-state index in [-0.39, 0.29) is 0 Å². The van der Waals surface area contributed by atoms with Crippen molar-refractivity contribution in [2.45, 2.75) is 32.7 Å². The van der Waals surface area contributed by atoms with Crippen molar-refractivity contribution in [2.24, 2.45) is 0 Å². The zero-order chi connectivity index (χ0) is 9.40. The summed E-state index contributed by atoms with van der Waals surface area (Å²) in [4.78, 5) is 2.36. The van der Waals surface area contributed by atoms with E-state index in [0.29, 0.717) is 6.04 Å². The SMILES string of the molecule is CCCC(C)N(C)CC=CCS. The first-order valence-electron chi connectivity index (χ1n) is 4.68. The fourth-order valence-corrected chi connectivity index (χ4v) is 1.28. The van der Waals surface area contributed by atoms with Crippen molar-refractivity contribution in [1.82, 2.24) is 4.90 Å². The van der Waals surface area contributed by atoms with Gasteiger partial charge in [-0.25, -0.2) is 0 Å². The molecule has 0 aromatic carbocycles. The van der Waals surface area contributed by atoms with E-state index in [0.717, 1.165) is 12.3 Å². The first-order valence-corrected chi connectivity index (χ1v) is 5.31. The molecule has 0 spiro atoms. The molecule has 0 bridgehead atoms. The minimum Gasteiger partial charge on any atom is -0.300 e. The first-order chi connectivity index (χ1) is 5.72. The summed E-state index contributed by atoms with van der Waals surface area (Å²) in [5, 5.41) is 0. The Kier molecular flexibility index (Phi) is 7.72. The van der Waals surface area contributed by atoms with Crippen LogP contribution in [0.4, 0.5) is 0 Å². The molecule has 72 valence electrons. The van der Waals surface area contributed by atoms with Gasteiger partial charge >= 0.3 is 0 Å². The van der Waals surface area contributed by atoms with Crippen LogP contribution in [0.15, 0.2) is 12.2 Å². The summed E-state index contributed by atoms with van der Waals surface area (Å²) in [6.45, 7) is 5.55. The highest BCUT2D eigenvalue weighted by atomic mass is 32.1. The van der Waals surface area contributed by atoms with Crippen molar-refractivity contribution in [3.63, 3.8) is 0 Å². The Bertz CT molecular complexity index is 123. The minimum atomic E-state index is 0.694. The Balaban J connectivity index is 3.55. The Hall–Kier alpha value is 0.0500. The lowest BCUT2D eigenvalue weighted by atomic mass is 10.2. The van der Waals surface area contributed by atoms with Crippen molar-refractivity contribution >= 4 is 12.6 Å². The van der Waals surface area contributed by atoms with Gasteiger partial charge in [-0.05, 0) is 20.4 Å². The summed E-state index contributed by atoms with van der Waals surface area (Å²) in [6.07, 6.45) is 6.82. The maximum absolute atomic E-state index is 4.11. The molecule has 0 aromatic heterocycles. The molecule has 0 N–H and O–H groups in total. The Morgan fingerprint density at radius 3 is 2.58 bits per heavy atom. The third-order valence-corrected chi connectivity index (χ3v) is 2.34. The second-order valence-corrected chi connectivity index (χ2v) is 3.60. The summed E-state index contributed by atoms with van der Waals surface area (Å²) in [6, 6.07) is 0.694. The summed E-state index contributed by atoms with van der Waals surface area (Å²) in [5.74, 6) is 0.843. The monoisotopic (exact) mass is 187 g/mol. The molecule has 0 aliphatic heterocycles. The normalized spacial score (nSPS) is 14.4. The third-order valence-electron chi connectivity index (χ3n) is 2.12. The molecule has 1 unspecified atom stereocenters. The molecule has 0 aliphatic rings. The predicted molar refractivity (Wildman–Crippen MR) is 60.0 cm³/mol. The molecule has 0 rings (SSSR count). The number of thiol groups is 1. The molecule has 0 aliphatic carbocycles. The highest BCUT2D eigenvalue weighted by Crippen LogP contribution is 2.03. The van der Waals surface area contributed by atoms with E-state index in [2.05, 4.69) is 50.6 Å². The highest BCUT2D eigenvalue weighted by Gasteiger charge is 2.04. The second kappa shape index (κ2) is 7.69. The number of nitrogens with zero attached hydrogens (tertiary/aromatic N) is 1.